The van der Waals surface area contributed by atoms with Gasteiger partial charge in [0.1, 0.15) is 10.6 Å². The molecule has 1 N–H and O–H groups in total. The number of carbonyl (C=O) groups excluding carboxylic acids is 2. The van der Waals surface area contributed by atoms with Crippen molar-refractivity contribution in [2.24, 2.45) is 0 Å². The van der Waals surface area contributed by atoms with Crippen molar-refractivity contribution in [1.29, 1.82) is 0 Å². The van der Waals surface area contributed by atoms with Crippen LogP contribution in [0.5, 0.6) is 0 Å². The van der Waals surface area contributed by atoms with E-state index in [0.717, 1.165) is 21.5 Å². The number of anilines is 1. The minimum atomic E-state index is -0.468. The fourth-order valence-electron chi connectivity index (χ4n) is 3.13. The Morgan fingerprint density at radius 3 is 2.67 bits per heavy atom. The van der Waals surface area contributed by atoms with Gasteiger partial charge >= 0.3 is 5.97 Å². The van der Waals surface area contributed by atoms with Gasteiger partial charge < -0.3 is 10.1 Å². The number of fused-ring (bicyclic) bond motifs is 1. The van der Waals surface area contributed by atoms with Gasteiger partial charge in [-0.15, -0.1) is 11.3 Å². The van der Waals surface area contributed by atoms with Gasteiger partial charge in [-0.05, 0) is 48.9 Å². The number of esters is 1. The third kappa shape index (κ3) is 3.95. The van der Waals surface area contributed by atoms with Crippen molar-refractivity contribution in [1.82, 2.24) is 9.78 Å². The van der Waals surface area contributed by atoms with Crippen LogP contribution in [-0.4, -0.2) is 28.8 Å². The van der Waals surface area contributed by atoms with Gasteiger partial charge in [-0.3, -0.25) is 9.48 Å². The minimum Gasteiger partial charge on any atom is -0.465 e. The van der Waals surface area contributed by atoms with E-state index in [9.17, 15) is 14.0 Å². The van der Waals surface area contributed by atoms with Crippen molar-refractivity contribution in [3.8, 4) is 0 Å². The first kappa shape index (κ1) is 19.8. The number of carbonyl (C=O) groups is 2. The van der Waals surface area contributed by atoms with Gasteiger partial charge in [0.15, 0.2) is 0 Å². The molecule has 0 radical (unpaired) electrons. The number of hydrogen-bond donors (Lipinski definition) is 1. The molecule has 1 amide bonds. The number of thiophene rings is 1. The summed E-state index contributed by atoms with van der Waals surface area (Å²) in [4.78, 5) is 25.8. The standard InChI is InChI=1S/C22H18FN3O3S/c1-13-18-11-19(20(27)24-17-5-3-4-15(10-17)22(28)29-2)30-21(18)26(25-13)12-14-6-8-16(23)9-7-14/h3-11H,12H2,1-2H3,(H,24,27). The van der Waals surface area contributed by atoms with Crippen molar-refractivity contribution in [3.63, 3.8) is 0 Å². The van der Waals surface area contributed by atoms with Crippen LogP contribution < -0.4 is 5.32 Å². The molecule has 0 aliphatic carbocycles. The number of benzene rings is 2. The zero-order valence-corrected chi connectivity index (χ0v) is 17.1. The van der Waals surface area contributed by atoms with E-state index in [4.69, 9.17) is 4.74 Å². The second-order valence-electron chi connectivity index (χ2n) is 6.73. The van der Waals surface area contributed by atoms with Crippen LogP contribution >= 0.6 is 11.3 Å². The summed E-state index contributed by atoms with van der Waals surface area (Å²) in [5.74, 6) is -1.03. The van der Waals surface area contributed by atoms with Gasteiger partial charge in [0.2, 0.25) is 0 Å². The largest absolute Gasteiger partial charge is 0.465 e. The first-order chi connectivity index (χ1) is 14.4. The summed E-state index contributed by atoms with van der Waals surface area (Å²) in [7, 11) is 1.31. The number of rotatable bonds is 5. The normalized spacial score (nSPS) is 10.9. The predicted octanol–water partition coefficient (Wildman–Crippen LogP) is 4.63. The monoisotopic (exact) mass is 423 g/mol. The smallest absolute Gasteiger partial charge is 0.337 e. The van der Waals surface area contributed by atoms with Crippen LogP contribution in [-0.2, 0) is 11.3 Å². The predicted molar refractivity (Wildman–Crippen MR) is 114 cm³/mol. The second-order valence-corrected chi connectivity index (χ2v) is 7.76. The van der Waals surface area contributed by atoms with Crippen LogP contribution in [0, 0.1) is 12.7 Å². The zero-order valence-electron chi connectivity index (χ0n) is 16.3. The average molecular weight is 423 g/mol. The highest BCUT2D eigenvalue weighted by atomic mass is 32.1. The number of nitrogens with one attached hydrogen (secondary N) is 1. The van der Waals surface area contributed by atoms with Crippen LogP contribution in [0.2, 0.25) is 0 Å². The summed E-state index contributed by atoms with van der Waals surface area (Å²) >= 11 is 1.33. The topological polar surface area (TPSA) is 73.2 Å². The number of nitrogens with zero attached hydrogens (tertiary/aromatic N) is 2. The Kier molecular flexibility index (Phi) is 5.33. The highest BCUT2D eigenvalue weighted by molar-refractivity contribution is 7.20. The van der Waals surface area contributed by atoms with E-state index >= 15 is 0 Å². The van der Waals surface area contributed by atoms with E-state index in [1.54, 1.807) is 36.4 Å². The van der Waals surface area contributed by atoms with Gasteiger partial charge in [0.25, 0.3) is 5.91 Å². The number of ether oxygens (including phenoxy) is 1. The fourth-order valence-corrected chi connectivity index (χ4v) is 4.19. The summed E-state index contributed by atoms with van der Waals surface area (Å²) < 4.78 is 19.7. The summed E-state index contributed by atoms with van der Waals surface area (Å²) in [6, 6.07) is 14.6. The lowest BCUT2D eigenvalue weighted by Crippen LogP contribution is -2.11. The van der Waals surface area contributed by atoms with E-state index < -0.39 is 5.97 Å². The van der Waals surface area contributed by atoms with Gasteiger partial charge in [-0.1, -0.05) is 18.2 Å². The van der Waals surface area contributed by atoms with Crippen molar-refractivity contribution in [2.75, 3.05) is 12.4 Å². The Hall–Kier alpha value is -3.52. The van der Waals surface area contributed by atoms with Crippen molar-refractivity contribution < 1.29 is 18.7 Å². The van der Waals surface area contributed by atoms with Crippen molar-refractivity contribution >= 4 is 39.1 Å². The maximum absolute atomic E-state index is 13.2. The molecular formula is C22H18FN3O3S. The molecule has 4 rings (SSSR count). The number of aromatic nitrogens is 2. The lowest BCUT2D eigenvalue weighted by molar-refractivity contribution is 0.0600. The molecule has 0 aliphatic heterocycles. The number of methoxy groups -OCH3 is 1. The quantitative estimate of drug-likeness (QED) is 0.475. The number of hydrogen-bond acceptors (Lipinski definition) is 5. The molecule has 0 saturated heterocycles. The molecule has 0 bridgehead atoms. The maximum Gasteiger partial charge on any atom is 0.337 e. The number of amides is 1. The highest BCUT2D eigenvalue weighted by Gasteiger charge is 2.17. The zero-order chi connectivity index (χ0) is 21.3. The molecule has 152 valence electrons. The SMILES string of the molecule is COC(=O)c1cccc(NC(=O)c2cc3c(C)nn(Cc4ccc(F)cc4)c3s2)c1. The van der Waals surface area contributed by atoms with Crippen LogP contribution in [0.1, 0.15) is 31.3 Å². The molecule has 0 fully saturated rings. The van der Waals surface area contributed by atoms with E-state index in [1.165, 1.54) is 30.6 Å². The molecule has 8 heteroatoms. The number of halogens is 1. The first-order valence-corrected chi connectivity index (χ1v) is 9.97. The Morgan fingerprint density at radius 2 is 1.93 bits per heavy atom. The summed E-state index contributed by atoms with van der Waals surface area (Å²) in [6.45, 7) is 2.37. The maximum atomic E-state index is 13.2. The van der Waals surface area contributed by atoms with E-state index in [0.29, 0.717) is 22.7 Å². The fraction of sp³-hybridized carbons (Fsp3) is 0.136. The summed E-state index contributed by atoms with van der Waals surface area (Å²) in [6.07, 6.45) is 0. The molecule has 0 unspecified atom stereocenters. The van der Waals surface area contributed by atoms with Gasteiger partial charge in [0.05, 0.1) is 29.8 Å². The van der Waals surface area contributed by atoms with E-state index in [2.05, 4.69) is 10.4 Å². The summed E-state index contributed by atoms with van der Waals surface area (Å²) in [5, 5.41) is 8.26. The molecule has 0 spiro atoms. The first-order valence-electron chi connectivity index (χ1n) is 9.15. The van der Waals surface area contributed by atoms with Gasteiger partial charge in [-0.25, -0.2) is 9.18 Å². The van der Waals surface area contributed by atoms with Gasteiger partial charge in [-0.2, -0.15) is 5.10 Å². The van der Waals surface area contributed by atoms with Crippen molar-refractivity contribution in [2.45, 2.75) is 13.5 Å². The molecule has 30 heavy (non-hydrogen) atoms. The van der Waals surface area contributed by atoms with Crippen LogP contribution in [0.4, 0.5) is 10.1 Å². The Balaban J connectivity index is 1.58. The molecular weight excluding hydrogens is 405 g/mol. The molecule has 4 aromatic rings. The Labute approximate surface area is 175 Å². The summed E-state index contributed by atoms with van der Waals surface area (Å²) in [5.41, 5.74) is 2.59. The van der Waals surface area contributed by atoms with E-state index in [1.807, 2.05) is 17.7 Å². The van der Waals surface area contributed by atoms with Crippen LogP contribution in [0.25, 0.3) is 10.2 Å². The van der Waals surface area contributed by atoms with Crippen molar-refractivity contribution in [3.05, 3.63) is 82.1 Å². The lowest BCUT2D eigenvalue weighted by Gasteiger charge is -2.06. The number of aryl methyl sites for hydroxylation is 1. The Morgan fingerprint density at radius 1 is 1.17 bits per heavy atom. The molecule has 6 nitrogen and oxygen atoms in total. The third-order valence-electron chi connectivity index (χ3n) is 4.62. The molecule has 2 heterocycles. The molecule has 2 aromatic carbocycles. The van der Waals surface area contributed by atoms with Crippen LogP contribution in [0.15, 0.2) is 54.6 Å². The van der Waals surface area contributed by atoms with Crippen LogP contribution in [0.3, 0.4) is 0 Å². The lowest BCUT2D eigenvalue weighted by atomic mass is 10.2. The molecule has 0 saturated carbocycles. The molecule has 0 atom stereocenters. The third-order valence-corrected chi connectivity index (χ3v) is 5.77. The minimum absolute atomic E-state index is 0.272. The average Bonchev–Trinajstić information content (AvgIpc) is 3.31. The second kappa shape index (κ2) is 8.08. The Bertz CT molecular complexity index is 1240. The van der Waals surface area contributed by atoms with Gasteiger partial charge in [0, 0.05) is 11.1 Å². The molecule has 0 aliphatic rings. The molecule has 2 aromatic heterocycles. The highest BCUT2D eigenvalue weighted by Crippen LogP contribution is 2.29. The van der Waals surface area contributed by atoms with E-state index in [-0.39, 0.29) is 11.7 Å².